The van der Waals surface area contributed by atoms with Gasteiger partial charge in [-0.3, -0.25) is 9.59 Å². The molecule has 0 aromatic heterocycles. The van der Waals surface area contributed by atoms with E-state index in [2.05, 4.69) is 0 Å². The Morgan fingerprint density at radius 2 is 1.58 bits per heavy atom. The van der Waals surface area contributed by atoms with Gasteiger partial charge in [0.25, 0.3) is 0 Å². The van der Waals surface area contributed by atoms with E-state index < -0.39 is 59.5 Å². The van der Waals surface area contributed by atoms with Gasteiger partial charge in [0, 0.05) is 18.9 Å². The predicted octanol–water partition coefficient (Wildman–Crippen LogP) is 6.09. The molecular weight excluding hydrogens is 523 g/mol. The van der Waals surface area contributed by atoms with Crippen molar-refractivity contribution < 1.29 is 50.2 Å². The van der Waals surface area contributed by atoms with E-state index in [1.54, 1.807) is 19.1 Å². The van der Waals surface area contributed by atoms with Crippen LogP contribution < -0.4 is 0 Å². The number of ether oxygens (including phenoxy) is 1. The third kappa shape index (κ3) is 6.28. The van der Waals surface area contributed by atoms with Gasteiger partial charge in [-0.15, -0.1) is 0 Å². The summed E-state index contributed by atoms with van der Waals surface area (Å²) in [4.78, 5) is 25.3. The maximum atomic E-state index is 13.0. The van der Waals surface area contributed by atoms with Crippen LogP contribution >= 0.6 is 0 Å². The molecule has 1 N–H and O–H groups in total. The van der Waals surface area contributed by atoms with Crippen LogP contribution in [0.15, 0.2) is 42.5 Å². The molecule has 2 aromatic carbocycles. The normalized spacial score (nSPS) is 25.2. The first-order chi connectivity index (χ1) is 17.4. The number of aliphatic carboxylic acids is 1. The van der Waals surface area contributed by atoms with Gasteiger partial charge in [0.15, 0.2) is 0 Å². The van der Waals surface area contributed by atoms with Crippen molar-refractivity contribution in [1.29, 1.82) is 0 Å². The van der Waals surface area contributed by atoms with Crippen molar-refractivity contribution >= 4 is 11.9 Å². The van der Waals surface area contributed by atoms with E-state index in [0.29, 0.717) is 12.1 Å². The van der Waals surface area contributed by atoms with Gasteiger partial charge in [0.2, 0.25) is 5.91 Å². The lowest BCUT2D eigenvalue weighted by molar-refractivity contribution is -0.150. The maximum absolute atomic E-state index is 13.0. The maximum Gasteiger partial charge on any atom is 0.416 e. The van der Waals surface area contributed by atoms with Crippen molar-refractivity contribution in [3.63, 3.8) is 0 Å². The molecule has 2 aliphatic rings. The van der Waals surface area contributed by atoms with Crippen LogP contribution in [0.3, 0.4) is 0 Å². The monoisotopic (exact) mass is 549 g/mol. The van der Waals surface area contributed by atoms with Crippen molar-refractivity contribution in [3.05, 3.63) is 70.5 Å². The first-order valence-electron chi connectivity index (χ1n) is 11.6. The number of nitrogens with zero attached hydrogens (tertiary/aromatic N) is 1. The molecule has 0 spiro atoms. The van der Waals surface area contributed by atoms with Crippen molar-refractivity contribution in [2.24, 2.45) is 11.3 Å². The number of carbonyl (C=O) groups is 2. The number of rotatable bonds is 4. The van der Waals surface area contributed by atoms with Crippen molar-refractivity contribution in [2.45, 2.75) is 58.3 Å². The highest BCUT2D eigenvalue weighted by Crippen LogP contribution is 2.47. The fourth-order valence-electron chi connectivity index (χ4n) is 4.91. The summed E-state index contributed by atoms with van der Waals surface area (Å²) in [6, 6.07) is 6.94. The largest absolute Gasteiger partial charge is 0.481 e. The summed E-state index contributed by atoms with van der Waals surface area (Å²) >= 11 is 0. The Hall–Kier alpha value is -3.15. The number of hydrogen-bond acceptors (Lipinski definition) is 3. The second-order valence-corrected chi connectivity index (χ2v) is 9.81. The van der Waals surface area contributed by atoms with Gasteiger partial charge >= 0.3 is 18.3 Å². The number of hydrogen-bond donors (Lipinski definition) is 1. The molecule has 1 amide bonds. The Bertz CT molecular complexity index is 1130. The lowest BCUT2D eigenvalue weighted by Crippen LogP contribution is -2.43. The minimum absolute atomic E-state index is 0.0264. The zero-order valence-electron chi connectivity index (χ0n) is 20.7. The molecule has 2 fully saturated rings. The highest BCUT2D eigenvalue weighted by atomic mass is 19.4. The van der Waals surface area contributed by atoms with Crippen LogP contribution in [0.5, 0.6) is 0 Å². The molecule has 4 atom stereocenters. The number of alkyl halides is 6. The standard InChI is InChI=1S/C19H19F6NO4.C7H7F/c1-9-13(7-26-14(27)6-17(2,15(9)26)16(28)29)30-8-10-3-11(18(20,21)22)5-12(4-10)19(23,24)25;1-6-2-4-7(8)5-3-6/h3-5,9,13,15H,6-8H2,1-2H3,(H,28,29);2-5H,1H3. The summed E-state index contributed by atoms with van der Waals surface area (Å²) in [5.41, 5.74) is -3.45. The lowest BCUT2D eigenvalue weighted by atomic mass is 9.77. The summed E-state index contributed by atoms with van der Waals surface area (Å²) in [6.07, 6.45) is -10.8. The molecule has 0 bridgehead atoms. The molecule has 0 aliphatic carbocycles. The van der Waals surface area contributed by atoms with E-state index >= 15 is 0 Å². The quantitative estimate of drug-likeness (QED) is 0.470. The van der Waals surface area contributed by atoms with E-state index in [1.165, 1.54) is 24.0 Å². The molecule has 2 heterocycles. The summed E-state index contributed by atoms with van der Waals surface area (Å²) < 4.78 is 95.6. The summed E-state index contributed by atoms with van der Waals surface area (Å²) in [6.45, 7) is 4.51. The second-order valence-electron chi connectivity index (χ2n) is 9.81. The molecule has 4 unspecified atom stereocenters. The highest BCUT2D eigenvalue weighted by Gasteiger charge is 2.60. The van der Waals surface area contributed by atoms with Crippen LogP contribution in [0.4, 0.5) is 30.7 Å². The molecule has 208 valence electrons. The average Bonchev–Trinajstić information content (AvgIpc) is 3.28. The van der Waals surface area contributed by atoms with Crippen molar-refractivity contribution in [2.75, 3.05) is 6.54 Å². The SMILES string of the molecule is CC1C(OCc2cc(C(F)(F)F)cc(C(F)(F)F)c2)CN2C(=O)CC(C)(C(=O)O)C12.Cc1ccc(F)cc1. The zero-order valence-corrected chi connectivity index (χ0v) is 20.7. The smallest absolute Gasteiger partial charge is 0.416 e. The first-order valence-corrected chi connectivity index (χ1v) is 11.6. The van der Waals surface area contributed by atoms with E-state index in [0.717, 1.165) is 5.56 Å². The number of halogens is 7. The minimum Gasteiger partial charge on any atom is -0.481 e. The zero-order chi connectivity index (χ0) is 28.6. The first kappa shape index (κ1) is 29.4. The fraction of sp³-hybridized carbons (Fsp3) is 0.462. The number of carboxylic acids is 1. The fourth-order valence-corrected chi connectivity index (χ4v) is 4.91. The van der Waals surface area contributed by atoms with Crippen molar-refractivity contribution in [1.82, 2.24) is 4.90 Å². The number of aryl methyl sites for hydroxylation is 1. The third-order valence-electron chi connectivity index (χ3n) is 6.90. The van der Waals surface area contributed by atoms with E-state index in [1.807, 2.05) is 6.92 Å². The molecule has 5 nitrogen and oxygen atoms in total. The van der Waals surface area contributed by atoms with E-state index in [-0.39, 0.29) is 36.3 Å². The Labute approximate surface area is 214 Å². The molecule has 2 saturated heterocycles. The molecule has 2 aromatic rings. The lowest BCUT2D eigenvalue weighted by Gasteiger charge is -2.30. The number of carboxylic acid groups (broad SMARTS) is 1. The summed E-state index contributed by atoms with van der Waals surface area (Å²) in [5.74, 6) is -2.16. The molecule has 0 radical (unpaired) electrons. The molecule has 0 saturated carbocycles. The van der Waals surface area contributed by atoms with E-state index in [9.17, 15) is 45.4 Å². The van der Waals surface area contributed by atoms with Gasteiger partial charge in [-0.05, 0) is 49.7 Å². The predicted molar refractivity (Wildman–Crippen MR) is 121 cm³/mol. The second kappa shape index (κ2) is 10.5. The average molecular weight is 549 g/mol. The summed E-state index contributed by atoms with van der Waals surface area (Å²) in [7, 11) is 0. The van der Waals surface area contributed by atoms with Gasteiger partial charge in [-0.1, -0.05) is 24.6 Å². The number of fused-ring (bicyclic) bond motifs is 1. The topological polar surface area (TPSA) is 66.8 Å². The van der Waals surface area contributed by atoms with Gasteiger partial charge in [-0.25, -0.2) is 4.39 Å². The van der Waals surface area contributed by atoms with Gasteiger partial charge in [0.1, 0.15) is 5.82 Å². The third-order valence-corrected chi connectivity index (χ3v) is 6.90. The highest BCUT2D eigenvalue weighted by molar-refractivity contribution is 5.90. The Balaban J connectivity index is 0.000000427. The molecular formula is C26H26F7NO4. The van der Waals surface area contributed by atoms with Crippen LogP contribution in [-0.2, 0) is 33.3 Å². The molecule has 38 heavy (non-hydrogen) atoms. The summed E-state index contributed by atoms with van der Waals surface area (Å²) in [5, 5.41) is 9.53. The van der Waals surface area contributed by atoms with Crippen LogP contribution in [0, 0.1) is 24.1 Å². The minimum atomic E-state index is -4.96. The number of carbonyl (C=O) groups excluding carboxylic acids is 1. The molecule has 12 heteroatoms. The van der Waals surface area contributed by atoms with Gasteiger partial charge in [0.05, 0.1) is 35.3 Å². The Morgan fingerprint density at radius 1 is 1.05 bits per heavy atom. The Kier molecular flexibility index (Phi) is 8.16. The van der Waals surface area contributed by atoms with Crippen LogP contribution in [0.2, 0.25) is 0 Å². The van der Waals surface area contributed by atoms with Crippen LogP contribution in [-0.4, -0.2) is 40.6 Å². The van der Waals surface area contributed by atoms with Gasteiger partial charge < -0.3 is 14.7 Å². The van der Waals surface area contributed by atoms with Crippen molar-refractivity contribution in [3.8, 4) is 0 Å². The van der Waals surface area contributed by atoms with Crippen LogP contribution in [0.25, 0.3) is 0 Å². The number of benzene rings is 2. The van der Waals surface area contributed by atoms with Gasteiger partial charge in [-0.2, -0.15) is 26.3 Å². The molecule has 4 rings (SSSR count). The molecule has 2 aliphatic heterocycles. The van der Waals surface area contributed by atoms with Crippen LogP contribution in [0.1, 0.15) is 42.5 Å². The number of amides is 1. The Morgan fingerprint density at radius 3 is 2.03 bits per heavy atom. The van der Waals surface area contributed by atoms with E-state index in [4.69, 9.17) is 4.74 Å².